The van der Waals surface area contributed by atoms with Crippen LogP contribution in [0, 0.1) is 6.92 Å². The predicted octanol–water partition coefficient (Wildman–Crippen LogP) is 2.54. The van der Waals surface area contributed by atoms with Crippen LogP contribution in [0.5, 0.6) is 0 Å². The maximum absolute atomic E-state index is 4.42. The summed E-state index contributed by atoms with van der Waals surface area (Å²) >= 11 is 3.45. The Morgan fingerprint density at radius 2 is 2.33 bits per heavy atom. The van der Waals surface area contributed by atoms with Crippen molar-refractivity contribution >= 4 is 21.6 Å². The Morgan fingerprint density at radius 1 is 1.50 bits per heavy atom. The molecule has 0 amide bonds. The maximum Gasteiger partial charge on any atom is 0.137 e. The van der Waals surface area contributed by atoms with Crippen LogP contribution in [-0.2, 0) is 5.33 Å². The number of pyridine rings is 1. The standard InChI is InChI=1S/C9H9BrN2/c1-7-8(6-10)12-5-3-2-4-9(12)11-7/h2-5H,6H2,1H3. The van der Waals surface area contributed by atoms with Gasteiger partial charge in [0.15, 0.2) is 0 Å². The Balaban J connectivity index is 2.81. The summed E-state index contributed by atoms with van der Waals surface area (Å²) in [6.45, 7) is 2.03. The lowest BCUT2D eigenvalue weighted by Gasteiger charge is -1.95. The highest BCUT2D eigenvalue weighted by Crippen LogP contribution is 2.13. The molecule has 0 unspecified atom stereocenters. The molecular weight excluding hydrogens is 216 g/mol. The van der Waals surface area contributed by atoms with Crippen LogP contribution in [0.25, 0.3) is 5.65 Å². The average Bonchev–Trinajstić information content (AvgIpc) is 2.40. The van der Waals surface area contributed by atoms with E-state index in [0.29, 0.717) is 0 Å². The monoisotopic (exact) mass is 224 g/mol. The van der Waals surface area contributed by atoms with Gasteiger partial charge in [0, 0.05) is 11.5 Å². The van der Waals surface area contributed by atoms with Gasteiger partial charge in [-0.15, -0.1) is 0 Å². The Hall–Kier alpha value is -0.830. The quantitative estimate of drug-likeness (QED) is 0.681. The van der Waals surface area contributed by atoms with E-state index in [4.69, 9.17) is 0 Å². The summed E-state index contributed by atoms with van der Waals surface area (Å²) in [6, 6.07) is 6.03. The highest BCUT2D eigenvalue weighted by Gasteiger charge is 2.04. The molecule has 0 aromatic carbocycles. The van der Waals surface area contributed by atoms with E-state index in [-0.39, 0.29) is 0 Å². The SMILES string of the molecule is Cc1nc2ccccn2c1CBr. The van der Waals surface area contributed by atoms with E-state index in [1.807, 2.05) is 31.3 Å². The smallest absolute Gasteiger partial charge is 0.137 e. The lowest BCUT2D eigenvalue weighted by molar-refractivity contribution is 1.08. The first kappa shape index (κ1) is 7.80. The highest BCUT2D eigenvalue weighted by atomic mass is 79.9. The highest BCUT2D eigenvalue weighted by molar-refractivity contribution is 9.08. The second-order valence-corrected chi connectivity index (χ2v) is 3.27. The topological polar surface area (TPSA) is 17.3 Å². The second kappa shape index (κ2) is 2.90. The minimum atomic E-state index is 0.851. The van der Waals surface area contributed by atoms with E-state index in [2.05, 4.69) is 25.3 Å². The van der Waals surface area contributed by atoms with Crippen molar-refractivity contribution in [2.24, 2.45) is 0 Å². The molecule has 2 rings (SSSR count). The first-order chi connectivity index (χ1) is 5.83. The third-order valence-electron chi connectivity index (χ3n) is 1.96. The summed E-state index contributed by atoms with van der Waals surface area (Å²) in [5.74, 6) is 0. The molecule has 0 aliphatic rings. The Labute approximate surface area is 79.4 Å². The molecule has 0 aliphatic carbocycles. The number of halogens is 1. The van der Waals surface area contributed by atoms with Gasteiger partial charge in [0.2, 0.25) is 0 Å². The molecule has 0 spiro atoms. The molecule has 2 nitrogen and oxygen atoms in total. The third-order valence-corrected chi connectivity index (χ3v) is 2.49. The molecule has 62 valence electrons. The number of hydrogen-bond acceptors (Lipinski definition) is 1. The van der Waals surface area contributed by atoms with E-state index in [0.717, 1.165) is 16.7 Å². The van der Waals surface area contributed by atoms with Crippen LogP contribution >= 0.6 is 15.9 Å². The van der Waals surface area contributed by atoms with E-state index in [9.17, 15) is 0 Å². The second-order valence-electron chi connectivity index (χ2n) is 2.71. The molecule has 0 aliphatic heterocycles. The van der Waals surface area contributed by atoms with Crippen LogP contribution in [0.1, 0.15) is 11.4 Å². The molecule has 3 heteroatoms. The van der Waals surface area contributed by atoms with E-state index >= 15 is 0 Å². The van der Waals surface area contributed by atoms with Crippen molar-refractivity contribution in [1.82, 2.24) is 9.38 Å². The number of aryl methyl sites for hydroxylation is 1. The zero-order valence-electron chi connectivity index (χ0n) is 6.79. The van der Waals surface area contributed by atoms with Gasteiger partial charge in [-0.2, -0.15) is 0 Å². The minimum Gasteiger partial charge on any atom is -0.303 e. The first-order valence-corrected chi connectivity index (χ1v) is 4.93. The molecule has 0 saturated heterocycles. The third kappa shape index (κ3) is 1.05. The van der Waals surface area contributed by atoms with Gasteiger partial charge in [-0.25, -0.2) is 4.98 Å². The Kier molecular flexibility index (Phi) is 1.89. The fourth-order valence-corrected chi connectivity index (χ4v) is 2.00. The van der Waals surface area contributed by atoms with Crippen molar-refractivity contribution in [2.45, 2.75) is 12.3 Å². The summed E-state index contributed by atoms with van der Waals surface area (Å²) in [5, 5.41) is 0.851. The maximum atomic E-state index is 4.42. The van der Waals surface area contributed by atoms with Gasteiger partial charge in [0.1, 0.15) is 5.65 Å². The van der Waals surface area contributed by atoms with Crippen LogP contribution in [0.2, 0.25) is 0 Å². The molecule has 0 radical (unpaired) electrons. The van der Waals surface area contributed by atoms with Gasteiger partial charge < -0.3 is 4.40 Å². The van der Waals surface area contributed by atoms with Crippen molar-refractivity contribution in [3.8, 4) is 0 Å². The molecule has 12 heavy (non-hydrogen) atoms. The average molecular weight is 225 g/mol. The van der Waals surface area contributed by atoms with E-state index < -0.39 is 0 Å². The van der Waals surface area contributed by atoms with Crippen LogP contribution in [0.3, 0.4) is 0 Å². The van der Waals surface area contributed by atoms with Crippen LogP contribution in [-0.4, -0.2) is 9.38 Å². The molecule has 2 aromatic heterocycles. The number of aromatic nitrogens is 2. The summed E-state index contributed by atoms with van der Waals surface area (Å²) in [7, 11) is 0. The van der Waals surface area contributed by atoms with Gasteiger partial charge in [-0.05, 0) is 19.1 Å². The van der Waals surface area contributed by atoms with E-state index in [1.165, 1.54) is 5.69 Å². The fourth-order valence-electron chi connectivity index (χ4n) is 1.33. The Morgan fingerprint density at radius 3 is 3.08 bits per heavy atom. The number of imidazole rings is 1. The van der Waals surface area contributed by atoms with E-state index in [1.54, 1.807) is 0 Å². The number of alkyl halides is 1. The fraction of sp³-hybridized carbons (Fsp3) is 0.222. The summed E-state index contributed by atoms with van der Waals surface area (Å²) in [6.07, 6.45) is 2.03. The number of nitrogens with zero attached hydrogens (tertiary/aromatic N) is 2. The zero-order chi connectivity index (χ0) is 8.55. The summed E-state index contributed by atoms with van der Waals surface area (Å²) in [4.78, 5) is 4.42. The number of hydrogen-bond donors (Lipinski definition) is 0. The van der Waals surface area contributed by atoms with Gasteiger partial charge in [-0.3, -0.25) is 0 Å². The molecule has 0 N–H and O–H groups in total. The summed E-state index contributed by atoms with van der Waals surface area (Å²) in [5.41, 5.74) is 3.34. The van der Waals surface area contributed by atoms with Crippen molar-refractivity contribution in [2.75, 3.05) is 0 Å². The molecule has 2 heterocycles. The van der Waals surface area contributed by atoms with Crippen LogP contribution in [0.4, 0.5) is 0 Å². The predicted molar refractivity (Wildman–Crippen MR) is 52.6 cm³/mol. The molecule has 0 bridgehead atoms. The zero-order valence-corrected chi connectivity index (χ0v) is 8.37. The largest absolute Gasteiger partial charge is 0.303 e. The number of rotatable bonds is 1. The molecule has 0 atom stereocenters. The first-order valence-electron chi connectivity index (χ1n) is 3.81. The van der Waals surface area contributed by atoms with Crippen molar-refractivity contribution in [3.05, 3.63) is 35.8 Å². The van der Waals surface area contributed by atoms with Crippen LogP contribution < -0.4 is 0 Å². The Bertz CT molecular complexity index is 406. The van der Waals surface area contributed by atoms with Crippen LogP contribution in [0.15, 0.2) is 24.4 Å². The molecular formula is C9H9BrN2. The van der Waals surface area contributed by atoms with Crippen molar-refractivity contribution in [1.29, 1.82) is 0 Å². The normalized spacial score (nSPS) is 10.8. The van der Waals surface area contributed by atoms with Gasteiger partial charge >= 0.3 is 0 Å². The molecule has 0 fully saturated rings. The van der Waals surface area contributed by atoms with Crippen molar-refractivity contribution in [3.63, 3.8) is 0 Å². The van der Waals surface area contributed by atoms with Gasteiger partial charge in [0.05, 0.1) is 11.4 Å². The van der Waals surface area contributed by atoms with Gasteiger partial charge in [-0.1, -0.05) is 22.0 Å². The number of fused-ring (bicyclic) bond motifs is 1. The van der Waals surface area contributed by atoms with Crippen molar-refractivity contribution < 1.29 is 0 Å². The molecule has 2 aromatic rings. The van der Waals surface area contributed by atoms with Gasteiger partial charge in [0.25, 0.3) is 0 Å². The lowest BCUT2D eigenvalue weighted by atomic mass is 10.4. The minimum absolute atomic E-state index is 0.851. The molecule has 0 saturated carbocycles. The lowest BCUT2D eigenvalue weighted by Crippen LogP contribution is -1.88. The summed E-state index contributed by atoms with van der Waals surface area (Å²) < 4.78 is 2.10.